The van der Waals surface area contributed by atoms with E-state index in [1.54, 1.807) is 6.92 Å². The van der Waals surface area contributed by atoms with Gasteiger partial charge in [-0.25, -0.2) is 0 Å². The normalized spacial score (nSPS) is 16.8. The monoisotopic (exact) mass is 456 g/mol. The molecule has 0 heterocycles. The fourth-order valence-corrected chi connectivity index (χ4v) is 5.18. The van der Waals surface area contributed by atoms with Crippen LogP contribution in [0.3, 0.4) is 0 Å². The number of ketones is 4. The van der Waals surface area contributed by atoms with Gasteiger partial charge >= 0.3 is 0 Å². The van der Waals surface area contributed by atoms with Gasteiger partial charge in [0.1, 0.15) is 17.3 Å². The van der Waals surface area contributed by atoms with Crippen LogP contribution in [0.4, 0.5) is 0 Å². The molecule has 1 aromatic carbocycles. The molecule has 33 heavy (non-hydrogen) atoms. The molecule has 1 aliphatic carbocycles. The second-order valence-corrected chi connectivity index (χ2v) is 9.84. The fraction of sp³-hybridized carbons (Fsp3) is 0.655. The third-order valence-electron chi connectivity index (χ3n) is 6.83. The van der Waals surface area contributed by atoms with Crippen LogP contribution >= 0.6 is 0 Å². The highest BCUT2D eigenvalue weighted by Crippen LogP contribution is 2.36. The summed E-state index contributed by atoms with van der Waals surface area (Å²) in [5.74, 6) is 1.06. The third-order valence-corrected chi connectivity index (χ3v) is 6.83. The maximum absolute atomic E-state index is 12.8. The molecule has 0 aliphatic heterocycles. The first-order valence-corrected chi connectivity index (χ1v) is 12.7. The zero-order valence-electron chi connectivity index (χ0n) is 21.9. The van der Waals surface area contributed by atoms with E-state index in [9.17, 15) is 19.2 Å². The second kappa shape index (κ2) is 14.2. The number of hydrogen-bond acceptors (Lipinski definition) is 4. The SMILES string of the molecule is CCCC(C)=O.CCCC(CC1CC(=O)c2c(ccc(C)c2C)C1)C(CC)C(=O)CC(C)=O. The van der Waals surface area contributed by atoms with E-state index in [1.807, 2.05) is 20.8 Å². The van der Waals surface area contributed by atoms with Gasteiger partial charge < -0.3 is 4.79 Å². The molecule has 2 rings (SSSR count). The van der Waals surface area contributed by atoms with Crippen LogP contribution in [0, 0.1) is 31.6 Å². The van der Waals surface area contributed by atoms with Gasteiger partial charge in [-0.2, -0.15) is 0 Å². The Bertz CT molecular complexity index is 836. The van der Waals surface area contributed by atoms with Crippen LogP contribution < -0.4 is 0 Å². The maximum Gasteiger partial charge on any atom is 0.163 e. The summed E-state index contributed by atoms with van der Waals surface area (Å²) in [6, 6.07) is 4.22. The fourth-order valence-electron chi connectivity index (χ4n) is 5.18. The second-order valence-electron chi connectivity index (χ2n) is 9.84. The van der Waals surface area contributed by atoms with Crippen molar-refractivity contribution in [3.63, 3.8) is 0 Å². The lowest BCUT2D eigenvalue weighted by Gasteiger charge is -2.32. The summed E-state index contributed by atoms with van der Waals surface area (Å²) < 4.78 is 0. The first-order chi connectivity index (χ1) is 15.5. The van der Waals surface area contributed by atoms with Crippen molar-refractivity contribution in [3.8, 4) is 0 Å². The van der Waals surface area contributed by atoms with Gasteiger partial charge in [0.25, 0.3) is 0 Å². The maximum atomic E-state index is 12.8. The number of Topliss-reactive ketones (excluding diaryl/α,β-unsaturated/α-hetero) is 4. The Balaban J connectivity index is 0.000000801. The number of rotatable bonds is 11. The summed E-state index contributed by atoms with van der Waals surface area (Å²) in [4.78, 5) is 46.9. The van der Waals surface area contributed by atoms with Crippen molar-refractivity contribution < 1.29 is 19.2 Å². The van der Waals surface area contributed by atoms with Crippen LogP contribution in [0.1, 0.15) is 113 Å². The number of benzene rings is 1. The van der Waals surface area contributed by atoms with E-state index in [0.29, 0.717) is 12.3 Å². The Morgan fingerprint density at radius 1 is 0.970 bits per heavy atom. The van der Waals surface area contributed by atoms with Gasteiger partial charge in [0.05, 0.1) is 6.42 Å². The average Bonchev–Trinajstić information content (AvgIpc) is 2.71. The minimum Gasteiger partial charge on any atom is -0.300 e. The molecule has 184 valence electrons. The van der Waals surface area contributed by atoms with Gasteiger partial charge in [-0.3, -0.25) is 14.4 Å². The lowest BCUT2D eigenvalue weighted by molar-refractivity contribution is -0.130. The van der Waals surface area contributed by atoms with Crippen LogP contribution in [0.25, 0.3) is 0 Å². The van der Waals surface area contributed by atoms with E-state index in [-0.39, 0.29) is 41.4 Å². The van der Waals surface area contributed by atoms with Gasteiger partial charge in [-0.15, -0.1) is 0 Å². The average molecular weight is 457 g/mol. The van der Waals surface area contributed by atoms with E-state index in [1.165, 1.54) is 12.5 Å². The van der Waals surface area contributed by atoms with E-state index in [2.05, 4.69) is 26.0 Å². The largest absolute Gasteiger partial charge is 0.300 e. The summed E-state index contributed by atoms with van der Waals surface area (Å²) in [6.07, 6.45) is 6.92. The first-order valence-electron chi connectivity index (χ1n) is 12.7. The summed E-state index contributed by atoms with van der Waals surface area (Å²) in [7, 11) is 0. The van der Waals surface area contributed by atoms with E-state index < -0.39 is 0 Å². The predicted octanol–water partition coefficient (Wildman–Crippen LogP) is 6.80. The molecule has 1 aliphatic rings. The standard InChI is InChI=1S/C24H34O3.C5H10O/c1-6-8-19(21(7-2)22(26)11-16(4)25)12-18-13-20-10-9-15(3)17(5)24(20)23(27)14-18;1-3-4-5(2)6/h9-10,18-19,21H,6-8,11-14H2,1-5H3;3-4H2,1-2H3. The van der Waals surface area contributed by atoms with Crippen LogP contribution in [-0.4, -0.2) is 23.1 Å². The van der Waals surface area contributed by atoms with E-state index >= 15 is 0 Å². The first kappa shape index (κ1) is 28.9. The molecule has 0 radical (unpaired) electrons. The molecule has 0 saturated heterocycles. The predicted molar refractivity (Wildman–Crippen MR) is 135 cm³/mol. The van der Waals surface area contributed by atoms with Crippen molar-refractivity contribution >= 4 is 23.1 Å². The van der Waals surface area contributed by atoms with Crippen LogP contribution in [0.15, 0.2) is 12.1 Å². The smallest absolute Gasteiger partial charge is 0.163 e. The Labute approximate surface area is 200 Å². The van der Waals surface area contributed by atoms with E-state index in [4.69, 9.17) is 0 Å². The highest BCUT2D eigenvalue weighted by Gasteiger charge is 2.33. The van der Waals surface area contributed by atoms with Gasteiger partial charge in [0.15, 0.2) is 5.78 Å². The number of carbonyl (C=O) groups excluding carboxylic acids is 4. The molecule has 1 aromatic rings. The summed E-state index contributed by atoms with van der Waals surface area (Å²) in [5, 5.41) is 0. The van der Waals surface area contributed by atoms with Crippen molar-refractivity contribution in [1.82, 2.24) is 0 Å². The van der Waals surface area contributed by atoms with Crippen molar-refractivity contribution in [2.24, 2.45) is 17.8 Å². The Kier molecular flexibility index (Phi) is 12.5. The molecule has 3 unspecified atom stereocenters. The zero-order chi connectivity index (χ0) is 25.1. The topological polar surface area (TPSA) is 68.3 Å². The van der Waals surface area contributed by atoms with Crippen LogP contribution in [0.5, 0.6) is 0 Å². The molecule has 0 spiro atoms. The Morgan fingerprint density at radius 2 is 1.64 bits per heavy atom. The summed E-state index contributed by atoms with van der Waals surface area (Å²) in [5.41, 5.74) is 4.38. The molecule has 0 N–H and O–H groups in total. The lowest BCUT2D eigenvalue weighted by Crippen LogP contribution is -2.29. The van der Waals surface area contributed by atoms with Crippen molar-refractivity contribution in [3.05, 3.63) is 34.4 Å². The van der Waals surface area contributed by atoms with Crippen molar-refractivity contribution in [2.75, 3.05) is 0 Å². The van der Waals surface area contributed by atoms with Gasteiger partial charge in [0.2, 0.25) is 0 Å². The molecule has 0 bridgehead atoms. The van der Waals surface area contributed by atoms with E-state index in [0.717, 1.165) is 61.6 Å². The Hall–Kier alpha value is -2.10. The minimum absolute atomic E-state index is 0.0453. The molecule has 0 fully saturated rings. The number of hydrogen-bond donors (Lipinski definition) is 0. The zero-order valence-corrected chi connectivity index (χ0v) is 21.9. The lowest BCUT2D eigenvalue weighted by atomic mass is 9.72. The van der Waals surface area contributed by atoms with Gasteiger partial charge in [-0.05, 0) is 81.9 Å². The molecular formula is C29H44O4. The molecule has 0 saturated carbocycles. The van der Waals surface area contributed by atoms with Crippen LogP contribution in [0.2, 0.25) is 0 Å². The third kappa shape index (κ3) is 8.98. The summed E-state index contributed by atoms with van der Waals surface area (Å²) >= 11 is 0. The number of carbonyl (C=O) groups is 4. The molecule has 4 heteroatoms. The minimum atomic E-state index is -0.0647. The quantitative estimate of drug-likeness (QED) is 0.343. The number of aryl methyl sites for hydroxylation is 1. The van der Waals surface area contributed by atoms with Crippen molar-refractivity contribution in [2.45, 2.75) is 106 Å². The molecule has 4 nitrogen and oxygen atoms in total. The molecular weight excluding hydrogens is 412 g/mol. The van der Waals surface area contributed by atoms with Crippen molar-refractivity contribution in [1.29, 1.82) is 0 Å². The molecule has 3 atom stereocenters. The summed E-state index contributed by atoms with van der Waals surface area (Å²) in [6.45, 7) is 13.4. The van der Waals surface area contributed by atoms with Crippen LogP contribution in [-0.2, 0) is 20.8 Å². The van der Waals surface area contributed by atoms with Gasteiger partial charge in [0, 0.05) is 24.3 Å². The van der Waals surface area contributed by atoms with Gasteiger partial charge in [-0.1, -0.05) is 45.7 Å². The molecule has 0 aromatic heterocycles. The highest BCUT2D eigenvalue weighted by molar-refractivity contribution is 6.00. The molecule has 0 amide bonds. The number of fused-ring (bicyclic) bond motifs is 1. The highest BCUT2D eigenvalue weighted by atomic mass is 16.1. The Morgan fingerprint density at radius 3 is 2.12 bits per heavy atom.